The SMILES string of the molecule is O=COC(c1ccccc1)S(=O)(=O)O. The minimum absolute atomic E-state index is 0.0224. The zero-order valence-corrected chi connectivity index (χ0v) is 7.85. The van der Waals surface area contributed by atoms with Gasteiger partial charge < -0.3 is 4.74 Å². The molecule has 5 nitrogen and oxygen atoms in total. The second kappa shape index (κ2) is 4.21. The highest BCUT2D eigenvalue weighted by molar-refractivity contribution is 7.85. The summed E-state index contributed by atoms with van der Waals surface area (Å²) in [4.78, 5) is 10.0. The number of carbonyl (C=O) groups excluding carboxylic acids is 1. The Morgan fingerprint density at radius 3 is 2.29 bits per heavy atom. The van der Waals surface area contributed by atoms with Gasteiger partial charge in [0.25, 0.3) is 11.9 Å². The minimum atomic E-state index is -4.43. The van der Waals surface area contributed by atoms with Crippen molar-refractivity contribution in [3.63, 3.8) is 0 Å². The average Bonchev–Trinajstić information content (AvgIpc) is 2.14. The van der Waals surface area contributed by atoms with Gasteiger partial charge in [-0.1, -0.05) is 30.3 Å². The van der Waals surface area contributed by atoms with Crippen molar-refractivity contribution in [1.29, 1.82) is 0 Å². The quantitative estimate of drug-likeness (QED) is 0.593. The van der Waals surface area contributed by atoms with Crippen molar-refractivity contribution in [1.82, 2.24) is 0 Å². The molecule has 1 rings (SSSR count). The Kier molecular flexibility index (Phi) is 3.21. The standard InChI is InChI=1S/C8H8O5S/c9-6-13-8(14(10,11)12)7-4-2-1-3-5-7/h1-6,8H,(H,10,11,12). The van der Waals surface area contributed by atoms with Crippen LogP contribution >= 0.6 is 0 Å². The van der Waals surface area contributed by atoms with Crippen LogP contribution in [0.3, 0.4) is 0 Å². The Bertz CT molecular complexity index is 397. The van der Waals surface area contributed by atoms with Gasteiger partial charge in [-0.2, -0.15) is 8.42 Å². The summed E-state index contributed by atoms with van der Waals surface area (Å²) >= 11 is 0. The molecule has 14 heavy (non-hydrogen) atoms. The molecule has 1 N–H and O–H groups in total. The molecular weight excluding hydrogens is 208 g/mol. The van der Waals surface area contributed by atoms with E-state index in [0.717, 1.165) is 0 Å². The van der Waals surface area contributed by atoms with Gasteiger partial charge in [-0.15, -0.1) is 0 Å². The first-order valence-electron chi connectivity index (χ1n) is 3.66. The molecule has 0 spiro atoms. The van der Waals surface area contributed by atoms with Crippen molar-refractivity contribution >= 4 is 16.6 Å². The highest BCUT2D eigenvalue weighted by Gasteiger charge is 2.25. The van der Waals surface area contributed by atoms with Gasteiger partial charge in [0.1, 0.15) is 0 Å². The largest absolute Gasteiger partial charge is 0.440 e. The molecule has 0 fully saturated rings. The number of benzene rings is 1. The van der Waals surface area contributed by atoms with Crippen LogP contribution in [0, 0.1) is 0 Å². The van der Waals surface area contributed by atoms with E-state index in [9.17, 15) is 13.2 Å². The Morgan fingerprint density at radius 1 is 1.29 bits per heavy atom. The van der Waals surface area contributed by atoms with Gasteiger partial charge in [-0.3, -0.25) is 9.35 Å². The van der Waals surface area contributed by atoms with Crippen LogP contribution in [0.1, 0.15) is 11.0 Å². The fourth-order valence-electron chi connectivity index (χ4n) is 0.981. The van der Waals surface area contributed by atoms with Gasteiger partial charge in [0.05, 0.1) is 0 Å². The second-order valence-electron chi connectivity index (χ2n) is 2.49. The maximum absolute atomic E-state index is 10.8. The van der Waals surface area contributed by atoms with E-state index in [1.807, 2.05) is 0 Å². The number of ether oxygens (including phenoxy) is 1. The first kappa shape index (κ1) is 10.7. The first-order valence-corrected chi connectivity index (χ1v) is 5.16. The van der Waals surface area contributed by atoms with Crippen molar-refractivity contribution in [3.8, 4) is 0 Å². The molecule has 76 valence electrons. The summed E-state index contributed by atoms with van der Waals surface area (Å²) in [6, 6.07) is 7.68. The fourth-order valence-corrected chi connectivity index (χ4v) is 1.67. The summed E-state index contributed by atoms with van der Waals surface area (Å²) in [5, 5.41) is 0. The van der Waals surface area contributed by atoms with Gasteiger partial charge >= 0.3 is 10.1 Å². The third-order valence-corrected chi connectivity index (χ3v) is 2.45. The lowest BCUT2D eigenvalue weighted by Crippen LogP contribution is -2.14. The molecule has 6 heteroatoms. The van der Waals surface area contributed by atoms with Gasteiger partial charge in [-0.05, 0) is 0 Å². The lowest BCUT2D eigenvalue weighted by molar-refractivity contribution is -0.130. The minimum Gasteiger partial charge on any atom is -0.440 e. The molecule has 1 aromatic carbocycles. The molecule has 0 bridgehead atoms. The third kappa shape index (κ3) is 2.54. The van der Waals surface area contributed by atoms with Gasteiger partial charge in [0.2, 0.25) is 0 Å². The summed E-state index contributed by atoms with van der Waals surface area (Å²) in [6.45, 7) is -0.0224. The highest BCUT2D eigenvalue weighted by Crippen LogP contribution is 2.21. The maximum Gasteiger partial charge on any atom is 0.308 e. The Balaban J connectivity index is 3.07. The molecule has 0 aliphatic carbocycles. The van der Waals surface area contributed by atoms with Crippen molar-refractivity contribution in [2.75, 3.05) is 0 Å². The van der Waals surface area contributed by atoms with Crippen LogP contribution in [-0.2, 0) is 19.6 Å². The number of hydrogen-bond donors (Lipinski definition) is 1. The normalized spacial score (nSPS) is 13.2. The molecule has 0 aliphatic heterocycles. The van der Waals surface area contributed by atoms with Crippen LogP contribution in [0.2, 0.25) is 0 Å². The predicted octanol–water partition coefficient (Wildman–Crippen LogP) is 0.746. The lowest BCUT2D eigenvalue weighted by Gasteiger charge is -2.11. The smallest absolute Gasteiger partial charge is 0.308 e. The van der Waals surface area contributed by atoms with Crippen LogP contribution in [-0.4, -0.2) is 19.4 Å². The van der Waals surface area contributed by atoms with E-state index >= 15 is 0 Å². The van der Waals surface area contributed by atoms with Crippen LogP contribution in [0.15, 0.2) is 30.3 Å². The van der Waals surface area contributed by atoms with Gasteiger partial charge in [0.15, 0.2) is 0 Å². The lowest BCUT2D eigenvalue weighted by atomic mass is 10.2. The van der Waals surface area contributed by atoms with E-state index in [1.165, 1.54) is 12.1 Å². The predicted molar refractivity (Wildman–Crippen MR) is 47.9 cm³/mol. The summed E-state index contributed by atoms with van der Waals surface area (Å²) in [5.41, 5.74) is -1.46. The topological polar surface area (TPSA) is 80.7 Å². The molecular formula is C8H8O5S. The molecule has 0 heterocycles. The van der Waals surface area contributed by atoms with Crippen LogP contribution in [0.25, 0.3) is 0 Å². The maximum atomic E-state index is 10.8. The number of carbonyl (C=O) groups is 1. The van der Waals surface area contributed by atoms with Gasteiger partial charge in [-0.25, -0.2) is 0 Å². The van der Waals surface area contributed by atoms with E-state index in [0.29, 0.717) is 0 Å². The molecule has 0 amide bonds. The Morgan fingerprint density at radius 2 is 1.86 bits per heavy atom. The second-order valence-corrected chi connectivity index (χ2v) is 3.95. The van der Waals surface area contributed by atoms with Crippen LogP contribution < -0.4 is 0 Å². The summed E-state index contributed by atoms with van der Waals surface area (Å²) in [7, 11) is -4.43. The monoisotopic (exact) mass is 216 g/mol. The van der Waals surface area contributed by atoms with Crippen molar-refractivity contribution in [3.05, 3.63) is 35.9 Å². The van der Waals surface area contributed by atoms with Crippen molar-refractivity contribution in [2.45, 2.75) is 5.44 Å². The van der Waals surface area contributed by atoms with E-state index in [-0.39, 0.29) is 12.0 Å². The van der Waals surface area contributed by atoms with Crippen molar-refractivity contribution < 1.29 is 22.5 Å². The molecule has 1 unspecified atom stereocenters. The summed E-state index contributed by atoms with van der Waals surface area (Å²) < 4.78 is 34.6. The Hall–Kier alpha value is -1.40. The van der Waals surface area contributed by atoms with Crippen molar-refractivity contribution in [2.24, 2.45) is 0 Å². The first-order chi connectivity index (χ1) is 6.55. The third-order valence-electron chi connectivity index (χ3n) is 1.52. The van der Waals surface area contributed by atoms with E-state index in [4.69, 9.17) is 4.55 Å². The zero-order valence-electron chi connectivity index (χ0n) is 7.03. The Labute approximate surface area is 81.1 Å². The number of hydrogen-bond acceptors (Lipinski definition) is 4. The molecule has 0 aromatic heterocycles. The van der Waals surface area contributed by atoms with Crippen LogP contribution in [0.4, 0.5) is 0 Å². The molecule has 0 saturated carbocycles. The highest BCUT2D eigenvalue weighted by atomic mass is 32.2. The van der Waals surface area contributed by atoms with Gasteiger partial charge in [0, 0.05) is 5.56 Å². The van der Waals surface area contributed by atoms with E-state index < -0.39 is 15.6 Å². The van der Waals surface area contributed by atoms with E-state index in [1.54, 1.807) is 18.2 Å². The van der Waals surface area contributed by atoms with E-state index in [2.05, 4.69) is 4.74 Å². The molecule has 1 aromatic rings. The average molecular weight is 216 g/mol. The molecule has 0 saturated heterocycles. The molecule has 1 atom stereocenters. The summed E-state index contributed by atoms with van der Waals surface area (Å²) in [5.74, 6) is 0. The molecule has 0 radical (unpaired) electrons. The number of rotatable bonds is 4. The zero-order chi connectivity index (χ0) is 10.6. The molecule has 0 aliphatic rings. The fraction of sp³-hybridized carbons (Fsp3) is 0.125. The summed E-state index contributed by atoms with van der Waals surface area (Å²) in [6.07, 6.45) is 0. The van der Waals surface area contributed by atoms with Crippen LogP contribution in [0.5, 0.6) is 0 Å².